The van der Waals surface area contributed by atoms with Gasteiger partial charge in [0, 0.05) is 5.56 Å². The van der Waals surface area contributed by atoms with Crippen LogP contribution in [0.5, 0.6) is 5.75 Å². The van der Waals surface area contributed by atoms with Crippen LogP contribution in [-0.2, 0) is 0 Å². The standard InChI is InChI=1S/C12H8Cl2O3/c1-16-10-6-7(2-3-9(10)13)11(15)8-4-5-17-12(8)14/h2-6H,1H3. The molecule has 1 aromatic carbocycles. The van der Waals surface area contributed by atoms with Gasteiger partial charge >= 0.3 is 0 Å². The zero-order valence-electron chi connectivity index (χ0n) is 8.87. The average Bonchev–Trinajstić information content (AvgIpc) is 2.75. The fourth-order valence-corrected chi connectivity index (χ4v) is 1.81. The molecular formula is C12H8Cl2O3. The van der Waals surface area contributed by atoms with Crippen LogP contribution in [0.1, 0.15) is 15.9 Å². The van der Waals surface area contributed by atoms with Gasteiger partial charge in [-0.05, 0) is 35.9 Å². The Morgan fingerprint density at radius 3 is 2.65 bits per heavy atom. The van der Waals surface area contributed by atoms with E-state index in [9.17, 15) is 4.79 Å². The molecule has 0 aliphatic carbocycles. The van der Waals surface area contributed by atoms with Gasteiger partial charge in [0.2, 0.25) is 5.22 Å². The van der Waals surface area contributed by atoms with Crippen LogP contribution in [0.15, 0.2) is 34.9 Å². The molecule has 5 heteroatoms. The molecule has 88 valence electrons. The van der Waals surface area contributed by atoms with Gasteiger partial charge in [0.15, 0.2) is 5.78 Å². The second kappa shape index (κ2) is 4.82. The van der Waals surface area contributed by atoms with Crippen molar-refractivity contribution in [3.05, 3.63) is 51.9 Å². The van der Waals surface area contributed by atoms with Crippen LogP contribution in [0.2, 0.25) is 10.2 Å². The van der Waals surface area contributed by atoms with Crippen LogP contribution in [0.25, 0.3) is 0 Å². The van der Waals surface area contributed by atoms with Gasteiger partial charge in [-0.15, -0.1) is 0 Å². The summed E-state index contributed by atoms with van der Waals surface area (Å²) in [5, 5.41) is 0.520. The lowest BCUT2D eigenvalue weighted by Crippen LogP contribution is -2.01. The van der Waals surface area contributed by atoms with E-state index < -0.39 is 0 Å². The van der Waals surface area contributed by atoms with E-state index >= 15 is 0 Å². The molecule has 0 spiro atoms. The molecule has 2 aromatic rings. The molecule has 0 bridgehead atoms. The van der Waals surface area contributed by atoms with E-state index in [1.807, 2.05) is 0 Å². The summed E-state index contributed by atoms with van der Waals surface area (Å²) in [6.07, 6.45) is 1.36. The topological polar surface area (TPSA) is 39.4 Å². The first-order valence-electron chi connectivity index (χ1n) is 4.74. The molecule has 2 rings (SSSR count). The highest BCUT2D eigenvalue weighted by molar-refractivity contribution is 6.34. The number of benzene rings is 1. The van der Waals surface area contributed by atoms with E-state index in [-0.39, 0.29) is 11.0 Å². The summed E-state index contributed by atoms with van der Waals surface area (Å²) in [6, 6.07) is 6.29. The van der Waals surface area contributed by atoms with Gasteiger partial charge in [-0.1, -0.05) is 11.6 Å². The molecule has 0 radical (unpaired) electrons. The van der Waals surface area contributed by atoms with Crippen molar-refractivity contribution < 1.29 is 13.9 Å². The first-order valence-corrected chi connectivity index (χ1v) is 5.50. The molecule has 0 fully saturated rings. The van der Waals surface area contributed by atoms with Crippen LogP contribution < -0.4 is 4.74 Å². The Balaban J connectivity index is 2.41. The van der Waals surface area contributed by atoms with Crippen LogP contribution in [0.3, 0.4) is 0 Å². The van der Waals surface area contributed by atoms with Gasteiger partial charge in [-0.2, -0.15) is 0 Å². The number of furan rings is 1. The second-order valence-electron chi connectivity index (χ2n) is 3.29. The van der Waals surface area contributed by atoms with Gasteiger partial charge in [0.05, 0.1) is 24.0 Å². The molecule has 0 saturated heterocycles. The van der Waals surface area contributed by atoms with Crippen LogP contribution >= 0.6 is 23.2 Å². The molecular weight excluding hydrogens is 263 g/mol. The number of ketones is 1. The Kier molecular flexibility index (Phi) is 3.41. The van der Waals surface area contributed by atoms with Crippen molar-refractivity contribution in [2.75, 3.05) is 7.11 Å². The maximum Gasteiger partial charge on any atom is 0.204 e. The minimum Gasteiger partial charge on any atom is -0.495 e. The fraction of sp³-hybridized carbons (Fsp3) is 0.0833. The minimum atomic E-state index is -0.237. The molecule has 1 aromatic heterocycles. The van der Waals surface area contributed by atoms with Crippen LogP contribution in [-0.4, -0.2) is 12.9 Å². The van der Waals surface area contributed by atoms with Gasteiger partial charge in [0.25, 0.3) is 0 Å². The predicted molar refractivity (Wildman–Crippen MR) is 65.2 cm³/mol. The van der Waals surface area contributed by atoms with Crippen molar-refractivity contribution in [3.8, 4) is 5.75 Å². The molecule has 0 aliphatic rings. The maximum absolute atomic E-state index is 12.1. The smallest absolute Gasteiger partial charge is 0.204 e. The summed E-state index contributed by atoms with van der Waals surface area (Å²) in [4.78, 5) is 12.1. The minimum absolute atomic E-state index is 0.0731. The van der Waals surface area contributed by atoms with E-state index in [4.69, 9.17) is 32.4 Å². The van der Waals surface area contributed by atoms with Crippen molar-refractivity contribution in [1.82, 2.24) is 0 Å². The lowest BCUT2D eigenvalue weighted by Gasteiger charge is -2.05. The normalized spacial score (nSPS) is 10.3. The summed E-state index contributed by atoms with van der Waals surface area (Å²) in [5.41, 5.74) is 0.755. The molecule has 0 amide bonds. The number of ether oxygens (including phenoxy) is 1. The molecule has 17 heavy (non-hydrogen) atoms. The number of halogens is 2. The highest BCUT2D eigenvalue weighted by Gasteiger charge is 2.16. The predicted octanol–water partition coefficient (Wildman–Crippen LogP) is 3.83. The van der Waals surface area contributed by atoms with E-state index in [1.165, 1.54) is 19.4 Å². The van der Waals surface area contributed by atoms with Crippen molar-refractivity contribution >= 4 is 29.0 Å². The first-order chi connectivity index (χ1) is 8.13. The zero-order valence-corrected chi connectivity index (χ0v) is 10.4. The number of rotatable bonds is 3. The molecule has 0 aliphatic heterocycles. The molecule has 0 N–H and O–H groups in total. The lowest BCUT2D eigenvalue weighted by atomic mass is 10.1. The van der Waals surface area contributed by atoms with E-state index in [1.54, 1.807) is 18.2 Å². The number of carbonyl (C=O) groups is 1. The van der Waals surface area contributed by atoms with Gasteiger partial charge in [-0.3, -0.25) is 4.79 Å². The summed E-state index contributed by atoms with van der Waals surface area (Å²) < 4.78 is 9.92. The third kappa shape index (κ3) is 2.30. The Morgan fingerprint density at radius 1 is 1.29 bits per heavy atom. The Morgan fingerprint density at radius 2 is 2.06 bits per heavy atom. The zero-order chi connectivity index (χ0) is 12.4. The highest BCUT2D eigenvalue weighted by atomic mass is 35.5. The summed E-state index contributed by atoms with van der Waals surface area (Å²) >= 11 is 11.6. The lowest BCUT2D eigenvalue weighted by molar-refractivity contribution is 0.103. The first kappa shape index (κ1) is 12.0. The van der Waals surface area contributed by atoms with Crippen LogP contribution in [0.4, 0.5) is 0 Å². The van der Waals surface area contributed by atoms with E-state index in [0.29, 0.717) is 21.9 Å². The monoisotopic (exact) mass is 270 g/mol. The maximum atomic E-state index is 12.1. The second-order valence-corrected chi connectivity index (χ2v) is 4.04. The number of carbonyl (C=O) groups excluding carboxylic acids is 1. The number of hydrogen-bond acceptors (Lipinski definition) is 3. The molecule has 3 nitrogen and oxygen atoms in total. The van der Waals surface area contributed by atoms with E-state index in [0.717, 1.165) is 0 Å². The molecule has 0 unspecified atom stereocenters. The van der Waals surface area contributed by atoms with Gasteiger partial charge in [0.1, 0.15) is 5.75 Å². The molecule has 0 atom stereocenters. The van der Waals surface area contributed by atoms with Crippen molar-refractivity contribution in [2.45, 2.75) is 0 Å². The fourth-order valence-electron chi connectivity index (χ4n) is 1.41. The van der Waals surface area contributed by atoms with E-state index in [2.05, 4.69) is 0 Å². The summed E-state index contributed by atoms with van der Waals surface area (Å²) in [7, 11) is 1.49. The number of methoxy groups -OCH3 is 1. The van der Waals surface area contributed by atoms with Crippen LogP contribution in [0, 0.1) is 0 Å². The third-order valence-electron chi connectivity index (χ3n) is 2.28. The molecule has 0 saturated carbocycles. The largest absolute Gasteiger partial charge is 0.495 e. The highest BCUT2D eigenvalue weighted by Crippen LogP contribution is 2.27. The Bertz CT molecular complexity index is 561. The quantitative estimate of drug-likeness (QED) is 0.796. The SMILES string of the molecule is COc1cc(C(=O)c2ccoc2Cl)ccc1Cl. The van der Waals surface area contributed by atoms with Crippen molar-refractivity contribution in [1.29, 1.82) is 0 Å². The third-order valence-corrected chi connectivity index (χ3v) is 2.88. The summed E-state index contributed by atoms with van der Waals surface area (Å²) in [6.45, 7) is 0. The van der Waals surface area contributed by atoms with Gasteiger partial charge in [-0.25, -0.2) is 0 Å². The summed E-state index contributed by atoms with van der Waals surface area (Å²) in [5.74, 6) is 0.204. The van der Waals surface area contributed by atoms with Crippen molar-refractivity contribution in [2.24, 2.45) is 0 Å². The molecule has 1 heterocycles. The average molecular weight is 271 g/mol. The Hall–Kier alpha value is -1.45. The number of hydrogen-bond donors (Lipinski definition) is 0. The Labute approximate surface area is 108 Å². The van der Waals surface area contributed by atoms with Gasteiger partial charge < -0.3 is 9.15 Å². The van der Waals surface area contributed by atoms with Crippen molar-refractivity contribution in [3.63, 3.8) is 0 Å².